The van der Waals surface area contributed by atoms with Crippen LogP contribution in [0.25, 0.3) is 0 Å². The van der Waals surface area contributed by atoms with Gasteiger partial charge in [-0.05, 0) is 12.8 Å². The lowest BCUT2D eigenvalue weighted by atomic mass is 10.1. The molecule has 0 saturated carbocycles. The SMILES string of the molecule is CC(=O)OC(COCCCCCCCC(=O)O)COP(=O)(O)OCC[N+](C)(C)C. The Balaban J connectivity index is 4.06. The van der Waals surface area contributed by atoms with Crippen molar-refractivity contribution < 1.29 is 47.2 Å². The summed E-state index contributed by atoms with van der Waals surface area (Å²) in [5, 5.41) is 8.56. The number of carboxylic acid groups (broad SMARTS) is 1. The predicted molar refractivity (Wildman–Crippen MR) is 106 cm³/mol. The Morgan fingerprint density at radius 3 is 2.17 bits per heavy atom. The third-order valence-corrected chi connectivity index (χ3v) is 4.74. The molecule has 0 amide bonds. The van der Waals surface area contributed by atoms with Crippen LogP contribution in [0.5, 0.6) is 0 Å². The highest BCUT2D eigenvalue weighted by Gasteiger charge is 2.25. The van der Waals surface area contributed by atoms with E-state index >= 15 is 0 Å². The predicted octanol–water partition coefficient (Wildman–Crippen LogP) is 2.20. The number of quaternary nitrogens is 1. The molecular formula is C18H37NO9P+. The Hall–Kier alpha value is -1.03. The summed E-state index contributed by atoms with van der Waals surface area (Å²) < 4.78 is 32.9. The van der Waals surface area contributed by atoms with Gasteiger partial charge in [-0.3, -0.25) is 18.6 Å². The summed E-state index contributed by atoms with van der Waals surface area (Å²) in [6.07, 6.45) is 3.51. The van der Waals surface area contributed by atoms with Crippen molar-refractivity contribution in [3.63, 3.8) is 0 Å². The Kier molecular flexibility index (Phi) is 14.3. The standard InChI is InChI=1S/C18H36NO9P/c1-16(20)28-17(14-25-12-9-7-5-6-8-10-18(21)22)15-27-29(23,24)26-13-11-19(2,3)4/h17H,5-15H2,1-4H3,(H-,21,22,23,24)/p+1. The van der Waals surface area contributed by atoms with E-state index in [-0.39, 0.29) is 26.2 Å². The minimum absolute atomic E-state index is 0.0392. The number of likely N-dealkylation sites (N-methyl/N-ethyl adjacent to an activating group) is 1. The number of phosphoric acid groups is 1. The largest absolute Gasteiger partial charge is 0.481 e. The zero-order chi connectivity index (χ0) is 22.3. The van der Waals surface area contributed by atoms with Gasteiger partial charge >= 0.3 is 19.8 Å². The van der Waals surface area contributed by atoms with Crippen LogP contribution < -0.4 is 0 Å². The first kappa shape index (κ1) is 28.0. The third kappa shape index (κ3) is 20.0. The van der Waals surface area contributed by atoms with Crippen LogP contribution in [0.4, 0.5) is 0 Å². The number of unbranched alkanes of at least 4 members (excludes halogenated alkanes) is 4. The number of carboxylic acids is 1. The lowest BCUT2D eigenvalue weighted by molar-refractivity contribution is -0.870. The van der Waals surface area contributed by atoms with E-state index in [0.717, 1.165) is 25.7 Å². The zero-order valence-electron chi connectivity index (χ0n) is 18.0. The number of rotatable bonds is 18. The van der Waals surface area contributed by atoms with Crippen LogP contribution in [-0.4, -0.2) is 86.6 Å². The zero-order valence-corrected chi connectivity index (χ0v) is 18.9. The van der Waals surface area contributed by atoms with E-state index in [1.807, 2.05) is 21.1 Å². The van der Waals surface area contributed by atoms with Gasteiger partial charge in [0, 0.05) is 20.0 Å². The van der Waals surface area contributed by atoms with E-state index in [1.54, 1.807) is 0 Å². The van der Waals surface area contributed by atoms with Crippen LogP contribution >= 0.6 is 7.82 Å². The van der Waals surface area contributed by atoms with Gasteiger partial charge < -0.3 is 24.0 Å². The molecule has 0 aliphatic rings. The van der Waals surface area contributed by atoms with E-state index in [0.29, 0.717) is 24.1 Å². The lowest BCUT2D eigenvalue weighted by Crippen LogP contribution is -2.37. The Labute approximate surface area is 173 Å². The molecule has 29 heavy (non-hydrogen) atoms. The third-order valence-electron chi connectivity index (χ3n) is 3.76. The number of phosphoric ester groups is 1. The molecule has 10 nitrogen and oxygen atoms in total. The number of ether oxygens (including phenoxy) is 2. The Morgan fingerprint density at radius 1 is 0.966 bits per heavy atom. The molecule has 0 fully saturated rings. The van der Waals surface area contributed by atoms with Crippen LogP contribution in [0.1, 0.15) is 45.4 Å². The minimum atomic E-state index is -4.24. The maximum Gasteiger partial charge on any atom is 0.472 e. The molecule has 172 valence electrons. The number of nitrogens with zero attached hydrogens (tertiary/aromatic N) is 1. The number of hydrogen-bond donors (Lipinski definition) is 2. The van der Waals surface area contributed by atoms with Crippen molar-refractivity contribution in [3.8, 4) is 0 Å². The fraction of sp³-hybridized carbons (Fsp3) is 0.889. The number of aliphatic carboxylic acids is 1. The van der Waals surface area contributed by atoms with Crippen molar-refractivity contribution in [1.82, 2.24) is 0 Å². The smallest absolute Gasteiger partial charge is 0.472 e. The summed E-state index contributed by atoms with van der Waals surface area (Å²) in [6.45, 7) is 1.98. The molecular weight excluding hydrogens is 405 g/mol. The van der Waals surface area contributed by atoms with Crippen LogP contribution in [0.2, 0.25) is 0 Å². The van der Waals surface area contributed by atoms with Crippen LogP contribution in [-0.2, 0) is 32.7 Å². The van der Waals surface area contributed by atoms with Crippen LogP contribution in [0.15, 0.2) is 0 Å². The molecule has 0 aliphatic heterocycles. The van der Waals surface area contributed by atoms with Gasteiger partial charge in [-0.2, -0.15) is 0 Å². The number of hydrogen-bond acceptors (Lipinski definition) is 7. The molecule has 0 radical (unpaired) electrons. The van der Waals surface area contributed by atoms with Crippen molar-refractivity contribution >= 4 is 19.8 Å². The second-order valence-electron chi connectivity index (χ2n) is 7.83. The highest BCUT2D eigenvalue weighted by molar-refractivity contribution is 7.47. The highest BCUT2D eigenvalue weighted by atomic mass is 31.2. The molecule has 0 heterocycles. The molecule has 0 saturated heterocycles. The molecule has 2 N–H and O–H groups in total. The molecule has 0 spiro atoms. The summed E-state index contributed by atoms with van der Waals surface area (Å²) in [5.74, 6) is -1.32. The van der Waals surface area contributed by atoms with Crippen LogP contribution in [0, 0.1) is 0 Å². The van der Waals surface area contributed by atoms with E-state index < -0.39 is 25.9 Å². The van der Waals surface area contributed by atoms with Gasteiger partial charge in [-0.15, -0.1) is 0 Å². The van der Waals surface area contributed by atoms with Crippen molar-refractivity contribution in [3.05, 3.63) is 0 Å². The van der Waals surface area contributed by atoms with Gasteiger partial charge in [0.2, 0.25) is 0 Å². The average molecular weight is 442 g/mol. The molecule has 11 heteroatoms. The molecule has 0 aromatic carbocycles. The van der Waals surface area contributed by atoms with E-state index in [2.05, 4.69) is 0 Å². The Morgan fingerprint density at radius 2 is 1.59 bits per heavy atom. The fourth-order valence-corrected chi connectivity index (χ4v) is 2.96. The molecule has 0 rings (SSSR count). The summed E-state index contributed by atoms with van der Waals surface area (Å²) in [4.78, 5) is 31.3. The molecule has 2 atom stereocenters. The maximum absolute atomic E-state index is 11.9. The quantitative estimate of drug-likeness (QED) is 0.142. The van der Waals surface area contributed by atoms with E-state index in [9.17, 15) is 19.0 Å². The highest BCUT2D eigenvalue weighted by Crippen LogP contribution is 2.43. The molecule has 2 unspecified atom stereocenters. The molecule has 0 bridgehead atoms. The van der Waals surface area contributed by atoms with Crippen molar-refractivity contribution in [1.29, 1.82) is 0 Å². The summed E-state index contributed by atoms with van der Waals surface area (Å²) in [7, 11) is 1.54. The van der Waals surface area contributed by atoms with Crippen LogP contribution in [0.3, 0.4) is 0 Å². The van der Waals surface area contributed by atoms with E-state index in [4.69, 9.17) is 23.6 Å². The Bertz CT molecular complexity index is 522. The molecule has 0 aromatic heterocycles. The average Bonchev–Trinajstić information content (AvgIpc) is 2.56. The first-order valence-corrected chi connectivity index (χ1v) is 11.3. The lowest BCUT2D eigenvalue weighted by Gasteiger charge is -2.24. The molecule has 0 aliphatic carbocycles. The molecule has 0 aromatic rings. The van der Waals surface area contributed by atoms with Gasteiger partial charge in [-0.1, -0.05) is 19.3 Å². The summed E-state index contributed by atoms with van der Waals surface area (Å²) >= 11 is 0. The van der Waals surface area contributed by atoms with Crippen molar-refractivity contribution in [2.75, 3.05) is 54.1 Å². The monoisotopic (exact) mass is 442 g/mol. The summed E-state index contributed by atoms with van der Waals surface area (Å²) in [5.41, 5.74) is 0. The second-order valence-corrected chi connectivity index (χ2v) is 9.28. The maximum atomic E-state index is 11.9. The second kappa shape index (κ2) is 14.9. The number of carbonyl (C=O) groups is 2. The normalized spacial score (nSPS) is 14.9. The van der Waals surface area contributed by atoms with Gasteiger partial charge in [0.1, 0.15) is 19.3 Å². The minimum Gasteiger partial charge on any atom is -0.481 e. The fourth-order valence-electron chi connectivity index (χ4n) is 2.22. The summed E-state index contributed by atoms with van der Waals surface area (Å²) in [6, 6.07) is 0. The van der Waals surface area contributed by atoms with Gasteiger partial charge in [0.25, 0.3) is 0 Å². The number of esters is 1. The van der Waals surface area contributed by atoms with Crippen molar-refractivity contribution in [2.24, 2.45) is 0 Å². The van der Waals surface area contributed by atoms with E-state index in [1.165, 1.54) is 6.92 Å². The topological polar surface area (TPSA) is 129 Å². The van der Waals surface area contributed by atoms with Gasteiger partial charge in [0.05, 0.1) is 34.4 Å². The first-order chi connectivity index (χ1) is 13.4. The number of carbonyl (C=O) groups excluding carboxylic acids is 1. The van der Waals surface area contributed by atoms with Gasteiger partial charge in [-0.25, -0.2) is 4.57 Å². The van der Waals surface area contributed by atoms with Crippen molar-refractivity contribution in [2.45, 2.75) is 51.6 Å². The first-order valence-electron chi connectivity index (χ1n) is 9.80. The van der Waals surface area contributed by atoms with Gasteiger partial charge in [0.15, 0.2) is 0 Å².